The fourth-order valence-corrected chi connectivity index (χ4v) is 3.73. The van der Waals surface area contributed by atoms with E-state index in [2.05, 4.69) is 23.2 Å². The molecule has 2 nitrogen and oxygen atoms in total. The van der Waals surface area contributed by atoms with Crippen LogP contribution in [0.1, 0.15) is 31.4 Å². The lowest BCUT2D eigenvalue weighted by Gasteiger charge is -2.28. The molecule has 2 unspecified atom stereocenters. The van der Waals surface area contributed by atoms with Crippen LogP contribution in [0.3, 0.4) is 0 Å². The third-order valence-electron chi connectivity index (χ3n) is 4.77. The Labute approximate surface area is 137 Å². The third-order valence-corrected chi connectivity index (χ3v) is 5.51. The standard InChI is InChI=1S/C15H20Cl2N2.ClH/c1-11(12-2-3-13(16)14(17)8-12)19-7-5-15(10-19)4-6-18-9-15;/h2-3,8,11,18H,4-7,9-10H2,1H3;1H. The number of rotatable bonds is 2. The van der Waals surface area contributed by atoms with Crippen LogP contribution in [0.25, 0.3) is 0 Å². The van der Waals surface area contributed by atoms with Crippen LogP contribution in [0.5, 0.6) is 0 Å². The highest BCUT2D eigenvalue weighted by Crippen LogP contribution is 2.40. The molecule has 20 heavy (non-hydrogen) atoms. The van der Waals surface area contributed by atoms with Crippen LogP contribution in [0.2, 0.25) is 10.0 Å². The van der Waals surface area contributed by atoms with Crippen molar-refractivity contribution in [2.45, 2.75) is 25.8 Å². The molecule has 2 heterocycles. The van der Waals surface area contributed by atoms with E-state index in [0.29, 0.717) is 21.5 Å². The molecule has 2 saturated heterocycles. The van der Waals surface area contributed by atoms with Gasteiger partial charge in [-0.1, -0.05) is 29.3 Å². The van der Waals surface area contributed by atoms with Crippen LogP contribution in [-0.4, -0.2) is 31.1 Å². The summed E-state index contributed by atoms with van der Waals surface area (Å²) in [5.41, 5.74) is 1.78. The van der Waals surface area contributed by atoms with Crippen molar-refractivity contribution in [1.29, 1.82) is 0 Å². The van der Waals surface area contributed by atoms with Crippen LogP contribution in [0.4, 0.5) is 0 Å². The molecule has 0 amide bonds. The summed E-state index contributed by atoms with van der Waals surface area (Å²) in [5, 5.41) is 4.80. The normalized spacial score (nSPS) is 27.8. The SMILES string of the molecule is CC(c1ccc(Cl)c(Cl)c1)N1CCC2(CCNC2)C1.Cl. The Bertz CT molecular complexity index is 472. The van der Waals surface area contributed by atoms with Crippen molar-refractivity contribution in [1.82, 2.24) is 10.2 Å². The molecule has 1 spiro atoms. The van der Waals surface area contributed by atoms with Gasteiger partial charge in [0.2, 0.25) is 0 Å². The van der Waals surface area contributed by atoms with Crippen molar-refractivity contribution in [3.8, 4) is 0 Å². The Morgan fingerprint density at radius 3 is 2.70 bits per heavy atom. The van der Waals surface area contributed by atoms with Crippen LogP contribution in [0, 0.1) is 5.41 Å². The molecule has 1 aromatic rings. The molecule has 2 aliphatic rings. The summed E-state index contributed by atoms with van der Waals surface area (Å²) in [4.78, 5) is 2.58. The molecule has 112 valence electrons. The van der Waals surface area contributed by atoms with E-state index in [1.165, 1.54) is 44.6 Å². The lowest BCUT2D eigenvalue weighted by Crippen LogP contribution is -2.30. The molecule has 0 radical (unpaired) electrons. The summed E-state index contributed by atoms with van der Waals surface area (Å²) < 4.78 is 0. The predicted molar refractivity (Wildman–Crippen MR) is 88.2 cm³/mol. The first-order valence-corrected chi connectivity index (χ1v) is 7.75. The molecule has 2 fully saturated rings. The minimum absolute atomic E-state index is 0. The predicted octanol–water partition coefficient (Wildman–Crippen LogP) is 4.16. The van der Waals surface area contributed by atoms with Crippen LogP contribution in [0.15, 0.2) is 18.2 Å². The Morgan fingerprint density at radius 1 is 1.25 bits per heavy atom. The lowest BCUT2D eigenvalue weighted by atomic mass is 9.86. The van der Waals surface area contributed by atoms with Gasteiger partial charge in [0.05, 0.1) is 10.0 Å². The zero-order valence-corrected chi connectivity index (χ0v) is 14.0. The second kappa shape index (κ2) is 6.41. The Hall–Kier alpha value is 0.01000. The second-order valence-corrected chi connectivity index (χ2v) is 6.81. The molecule has 1 N–H and O–H groups in total. The van der Waals surface area contributed by atoms with Crippen molar-refractivity contribution in [3.63, 3.8) is 0 Å². The van der Waals surface area contributed by atoms with Crippen molar-refractivity contribution in [3.05, 3.63) is 33.8 Å². The number of nitrogens with zero attached hydrogens (tertiary/aromatic N) is 1. The number of halogens is 3. The maximum atomic E-state index is 6.12. The van der Waals surface area contributed by atoms with Gasteiger partial charge >= 0.3 is 0 Å². The Morgan fingerprint density at radius 2 is 2.05 bits per heavy atom. The van der Waals surface area contributed by atoms with Crippen molar-refractivity contribution in [2.24, 2.45) is 5.41 Å². The van der Waals surface area contributed by atoms with E-state index in [1.807, 2.05) is 12.1 Å². The first-order valence-electron chi connectivity index (χ1n) is 6.99. The van der Waals surface area contributed by atoms with E-state index in [1.54, 1.807) is 0 Å². The minimum Gasteiger partial charge on any atom is -0.316 e. The summed E-state index contributed by atoms with van der Waals surface area (Å²) in [6.07, 6.45) is 2.63. The monoisotopic (exact) mass is 334 g/mol. The highest BCUT2D eigenvalue weighted by molar-refractivity contribution is 6.42. The Kier molecular flexibility index (Phi) is 5.25. The zero-order chi connectivity index (χ0) is 13.5. The molecule has 1 aromatic carbocycles. The first kappa shape index (κ1) is 16.4. The fourth-order valence-electron chi connectivity index (χ4n) is 3.43. The van der Waals surface area contributed by atoms with E-state index in [4.69, 9.17) is 23.2 Å². The highest BCUT2D eigenvalue weighted by Gasteiger charge is 2.41. The van der Waals surface area contributed by atoms with Crippen molar-refractivity contribution >= 4 is 35.6 Å². The lowest BCUT2D eigenvalue weighted by molar-refractivity contribution is 0.224. The van der Waals surface area contributed by atoms with Gasteiger partial charge in [0.15, 0.2) is 0 Å². The molecule has 0 aliphatic carbocycles. The fraction of sp³-hybridized carbons (Fsp3) is 0.600. The molecule has 0 saturated carbocycles. The molecule has 5 heteroatoms. The van der Waals surface area contributed by atoms with Gasteiger partial charge in [-0.15, -0.1) is 12.4 Å². The van der Waals surface area contributed by atoms with E-state index in [-0.39, 0.29) is 12.4 Å². The van der Waals surface area contributed by atoms with Gasteiger partial charge in [0, 0.05) is 19.1 Å². The summed E-state index contributed by atoms with van der Waals surface area (Å²) >= 11 is 12.1. The molecule has 3 rings (SSSR count). The molecule has 0 aromatic heterocycles. The summed E-state index contributed by atoms with van der Waals surface area (Å²) in [7, 11) is 0. The largest absolute Gasteiger partial charge is 0.316 e. The van der Waals surface area contributed by atoms with Gasteiger partial charge in [-0.25, -0.2) is 0 Å². The van der Waals surface area contributed by atoms with Gasteiger partial charge in [0.1, 0.15) is 0 Å². The molecular formula is C15H21Cl3N2. The molecule has 0 bridgehead atoms. The van der Waals surface area contributed by atoms with E-state index < -0.39 is 0 Å². The van der Waals surface area contributed by atoms with E-state index in [9.17, 15) is 0 Å². The smallest absolute Gasteiger partial charge is 0.0595 e. The molecular weight excluding hydrogens is 315 g/mol. The molecule has 2 atom stereocenters. The number of benzene rings is 1. The van der Waals surface area contributed by atoms with E-state index in [0.717, 1.165) is 0 Å². The van der Waals surface area contributed by atoms with Gasteiger partial charge in [-0.05, 0) is 56.0 Å². The van der Waals surface area contributed by atoms with Gasteiger partial charge < -0.3 is 5.32 Å². The highest BCUT2D eigenvalue weighted by atomic mass is 35.5. The number of nitrogens with one attached hydrogen (secondary N) is 1. The van der Waals surface area contributed by atoms with Crippen LogP contribution in [-0.2, 0) is 0 Å². The van der Waals surface area contributed by atoms with Crippen LogP contribution >= 0.6 is 35.6 Å². The average Bonchev–Trinajstić information content (AvgIpc) is 3.03. The van der Waals surface area contributed by atoms with Crippen molar-refractivity contribution in [2.75, 3.05) is 26.2 Å². The maximum absolute atomic E-state index is 6.12. The summed E-state index contributed by atoms with van der Waals surface area (Å²) in [5.74, 6) is 0. The summed E-state index contributed by atoms with van der Waals surface area (Å²) in [6, 6.07) is 6.41. The quantitative estimate of drug-likeness (QED) is 0.873. The van der Waals surface area contributed by atoms with E-state index >= 15 is 0 Å². The topological polar surface area (TPSA) is 15.3 Å². The Balaban J connectivity index is 0.00000147. The average molecular weight is 336 g/mol. The molecule has 2 aliphatic heterocycles. The number of hydrogen-bond acceptors (Lipinski definition) is 2. The zero-order valence-electron chi connectivity index (χ0n) is 11.7. The van der Waals surface area contributed by atoms with Gasteiger partial charge in [0.25, 0.3) is 0 Å². The first-order chi connectivity index (χ1) is 9.10. The number of likely N-dealkylation sites (tertiary alicyclic amines) is 1. The van der Waals surface area contributed by atoms with Crippen LogP contribution < -0.4 is 5.32 Å². The van der Waals surface area contributed by atoms with Gasteiger partial charge in [-0.3, -0.25) is 4.90 Å². The van der Waals surface area contributed by atoms with Gasteiger partial charge in [-0.2, -0.15) is 0 Å². The summed E-state index contributed by atoms with van der Waals surface area (Å²) in [6.45, 7) is 7.00. The third kappa shape index (κ3) is 3.10. The van der Waals surface area contributed by atoms with Crippen molar-refractivity contribution < 1.29 is 0 Å². The number of hydrogen-bond donors (Lipinski definition) is 1. The minimum atomic E-state index is 0. The second-order valence-electron chi connectivity index (χ2n) is 6.00. The maximum Gasteiger partial charge on any atom is 0.0595 e.